The first kappa shape index (κ1) is 71.2. The maximum atomic E-state index is 13.2. The number of carbonyl (C=O) groups is 4. The Balaban J connectivity index is 0.000000192. The van der Waals surface area contributed by atoms with Crippen LogP contribution in [-0.2, 0) is 56.4 Å². The van der Waals surface area contributed by atoms with Gasteiger partial charge in [0.25, 0.3) is 20.0 Å². The molecule has 524 valence electrons. The van der Waals surface area contributed by atoms with E-state index < -0.39 is 46.7 Å². The summed E-state index contributed by atoms with van der Waals surface area (Å²) in [5.41, 5.74) is 1.40. The Morgan fingerprint density at radius 2 is 0.957 bits per heavy atom. The van der Waals surface area contributed by atoms with Crippen molar-refractivity contribution in [2.24, 2.45) is 105 Å². The molecule has 2 amide bonds. The fraction of sp³-hybridized carbons (Fsp3) is 0.787. The molecule has 12 rings (SSSR count). The lowest BCUT2D eigenvalue weighted by Gasteiger charge is -2.65. The predicted molar refractivity (Wildman–Crippen MR) is 364 cm³/mol. The Labute approximate surface area is 564 Å². The highest BCUT2D eigenvalue weighted by atomic mass is 32.2. The van der Waals surface area contributed by atoms with E-state index in [1.807, 2.05) is 27.7 Å². The molecule has 2 aliphatic heterocycles. The molecule has 20 atom stereocenters. The van der Waals surface area contributed by atoms with Crippen molar-refractivity contribution in [2.45, 2.75) is 264 Å². The number of ether oxygens (including phenoxy) is 4. The molecule has 3 N–H and O–H groups in total. The Morgan fingerprint density at radius 1 is 0.553 bits per heavy atom. The third kappa shape index (κ3) is 13.4. The molecule has 0 spiro atoms. The van der Waals surface area contributed by atoms with E-state index in [1.165, 1.54) is 12.1 Å². The highest BCUT2D eigenvalue weighted by Crippen LogP contribution is 2.72. The zero-order chi connectivity index (χ0) is 68.3. The van der Waals surface area contributed by atoms with Crippen LogP contribution in [0, 0.1) is 105 Å². The highest BCUT2D eigenvalue weighted by molar-refractivity contribution is 7.90. The maximum Gasteiger partial charge on any atom is 0.421 e. The minimum atomic E-state index is -4.10. The summed E-state index contributed by atoms with van der Waals surface area (Å²) in [5, 5.41) is 11.9. The number of Topliss-reactive ketones (excluding diaryl/α,β-unsaturated/α-hetero) is 2. The van der Waals surface area contributed by atoms with Crippen molar-refractivity contribution in [1.82, 2.24) is 9.44 Å². The number of aryl methyl sites for hydroxylation is 2. The van der Waals surface area contributed by atoms with Crippen molar-refractivity contribution in [2.75, 3.05) is 13.2 Å². The normalized spacial score (nSPS) is 38.4. The van der Waals surface area contributed by atoms with Gasteiger partial charge in [-0.25, -0.2) is 35.9 Å². The predicted octanol–water partition coefficient (Wildman–Crippen LogP) is 15.2. The summed E-state index contributed by atoms with van der Waals surface area (Å²) in [5.74, 6) is 6.72. The molecule has 0 aromatic heterocycles. The number of aliphatic hydroxyl groups excluding tert-OH is 1. The van der Waals surface area contributed by atoms with Crippen LogP contribution in [0.1, 0.15) is 210 Å². The van der Waals surface area contributed by atoms with Crippen LogP contribution in [0.2, 0.25) is 19.6 Å². The zero-order valence-electron chi connectivity index (χ0n) is 59.3. The number of rotatable bonds is 14. The summed E-state index contributed by atoms with van der Waals surface area (Å²) in [6.45, 7) is 33.8. The summed E-state index contributed by atoms with van der Waals surface area (Å²) in [7, 11) is -10.1. The molecule has 8 fully saturated rings. The van der Waals surface area contributed by atoms with Crippen molar-refractivity contribution >= 4 is 52.1 Å². The molecule has 2 aromatic rings. The number of hydrogen-bond donors (Lipinski definition) is 3. The SMILES string of the molecule is CC[C@H]1[C@@H](O)[C@@H]2[C@H](CC[C@]3(C)[C@@H]([C@H](C)COC(=O)NS(=O)(=O)c4ccc5c(c4)CCC(C)(C)O5)CC[C@@H]23)[C@@]2(C)CCC(=O)C[C@@H]12.CC[C@H]1[C@@H](O[Si](C)(C)C)[C@@H]2[C@H](CC[C@]3(C)[C@@H]([C@H](C)COC(=O)NS(=O)(=O)c4ccc5c(c4)CCC(C)(C)O5)CC[C@@H]23)[C@@]2(C)CCC(=O)C[C@@H]12. The standard InChI is InChI=1S/C39H61NO7SSi.C36H53NO7S/c1-10-28-32-22-26(41)16-19-39(32,6)31-17-20-38(5)29(12-13-30(38)34(31)35(28)47-49(7,8)9)24(2)23-45-36(42)40-48(43,44)27-11-14-33-25(21-27)15-18-37(3,4)46-33;1-7-25-29-19-23(38)13-16-36(29,6)28-14-17-35(5)26(9-10-27(35)31(28)32(25)39)21(2)20-43-33(40)37-45(41,42)24-8-11-30-22(18-24)12-15-34(3,4)44-30/h11,14,21,24,28-32,34-35H,10,12-13,15-20,22-23H2,1-9H3,(H,40,42);8,11,18,21,25-29,31-32,39H,7,9-10,12-17,19-20H2,1-6H3,(H,37,40)/t24-,28-,29-,30+,31+,32+,34+,35-,38-,39-;21-,25-,26-,27+,28+,29+,31+,32-,35-,36-/m11/s1. The van der Waals surface area contributed by atoms with Crippen molar-refractivity contribution in [3.63, 3.8) is 0 Å². The smallest absolute Gasteiger partial charge is 0.421 e. The average Bonchev–Trinajstić information content (AvgIpc) is 1.27. The van der Waals surface area contributed by atoms with E-state index in [2.05, 4.69) is 84.5 Å². The third-order valence-corrected chi connectivity index (χ3v) is 30.9. The first-order valence-corrected chi connectivity index (χ1v) is 42.7. The van der Waals surface area contributed by atoms with Gasteiger partial charge in [-0.3, -0.25) is 9.59 Å². The van der Waals surface area contributed by atoms with Gasteiger partial charge in [-0.1, -0.05) is 68.2 Å². The van der Waals surface area contributed by atoms with E-state index in [1.54, 1.807) is 24.3 Å². The first-order chi connectivity index (χ1) is 43.9. The highest BCUT2D eigenvalue weighted by Gasteiger charge is 2.67. The topological polar surface area (TPSA) is 227 Å². The molecular weight excluding hydrogens is 1250 g/mol. The van der Waals surface area contributed by atoms with Crippen LogP contribution in [0.3, 0.4) is 0 Å². The fourth-order valence-corrected chi connectivity index (χ4v) is 25.7. The van der Waals surface area contributed by atoms with Gasteiger partial charge >= 0.3 is 12.2 Å². The van der Waals surface area contributed by atoms with E-state index in [0.29, 0.717) is 115 Å². The van der Waals surface area contributed by atoms with Gasteiger partial charge < -0.3 is 28.5 Å². The number of carbonyl (C=O) groups excluding carboxylic acids is 4. The maximum absolute atomic E-state index is 13.2. The number of aliphatic hydroxyl groups is 1. The van der Waals surface area contributed by atoms with Gasteiger partial charge in [0.15, 0.2) is 8.32 Å². The summed E-state index contributed by atoms with van der Waals surface area (Å²) in [6, 6.07) is 9.45. The van der Waals surface area contributed by atoms with Gasteiger partial charge in [-0.15, -0.1) is 0 Å². The molecule has 16 nitrogen and oxygen atoms in total. The summed E-state index contributed by atoms with van der Waals surface area (Å²) in [6.07, 6.45) is 16.1. The Bertz CT molecular complexity index is 3440. The number of sulfonamides is 2. The minimum absolute atomic E-state index is 0.0131. The van der Waals surface area contributed by atoms with E-state index in [0.717, 1.165) is 101 Å². The fourth-order valence-electron chi connectivity index (χ4n) is 22.7. The second-order valence-corrected chi connectivity index (χ2v) is 42.5. The van der Waals surface area contributed by atoms with Crippen molar-refractivity contribution in [1.29, 1.82) is 0 Å². The van der Waals surface area contributed by atoms with E-state index >= 15 is 0 Å². The van der Waals surface area contributed by atoms with Gasteiger partial charge in [-0.2, -0.15) is 0 Å². The molecule has 10 aliphatic rings. The first-order valence-electron chi connectivity index (χ1n) is 36.3. The molecule has 8 saturated carbocycles. The number of nitrogens with one attached hydrogen (secondary N) is 2. The van der Waals surface area contributed by atoms with Gasteiger partial charge in [0.05, 0.1) is 35.2 Å². The van der Waals surface area contributed by atoms with Crippen LogP contribution >= 0.6 is 0 Å². The van der Waals surface area contributed by atoms with Crippen molar-refractivity contribution in [3.8, 4) is 11.5 Å². The number of benzene rings is 2. The van der Waals surface area contributed by atoms with Crippen molar-refractivity contribution < 1.29 is 64.5 Å². The number of ketones is 2. The molecule has 0 bridgehead atoms. The van der Waals surface area contributed by atoms with E-state index in [9.17, 15) is 41.1 Å². The Hall–Kier alpha value is -4.04. The van der Waals surface area contributed by atoms with Crippen LogP contribution in [0.4, 0.5) is 9.59 Å². The van der Waals surface area contributed by atoms with E-state index in [4.69, 9.17) is 23.4 Å². The quantitative estimate of drug-likeness (QED) is 0.150. The Morgan fingerprint density at radius 3 is 1.38 bits per heavy atom. The third-order valence-electron chi connectivity index (χ3n) is 27.3. The summed E-state index contributed by atoms with van der Waals surface area (Å²) in [4.78, 5) is 51.1. The average molecular weight is 1360 g/mol. The van der Waals surface area contributed by atoms with Gasteiger partial charge in [0, 0.05) is 25.7 Å². The largest absolute Gasteiger partial charge is 0.488 e. The second-order valence-electron chi connectivity index (χ2n) is 34.7. The van der Waals surface area contributed by atoms with E-state index in [-0.39, 0.29) is 91.6 Å². The van der Waals surface area contributed by atoms with Crippen LogP contribution in [0.15, 0.2) is 46.2 Å². The van der Waals surface area contributed by atoms with Crippen LogP contribution in [0.5, 0.6) is 11.5 Å². The van der Waals surface area contributed by atoms with Crippen LogP contribution in [0.25, 0.3) is 0 Å². The lowest BCUT2D eigenvalue weighted by Crippen LogP contribution is -2.63. The minimum Gasteiger partial charge on any atom is -0.488 e. The second kappa shape index (κ2) is 25.9. The monoisotopic (exact) mass is 1360 g/mol. The number of hydrogen-bond acceptors (Lipinski definition) is 14. The molecule has 0 radical (unpaired) electrons. The molecule has 2 aromatic carbocycles. The van der Waals surface area contributed by atoms with Gasteiger partial charge in [-0.05, 0) is 289 Å². The number of fused-ring (bicyclic) bond motifs is 12. The number of amides is 2. The summed E-state index contributed by atoms with van der Waals surface area (Å²) < 4.78 is 87.1. The molecular formula is C75H114N2O14S2Si. The molecule has 8 aliphatic carbocycles. The Kier molecular flexibility index (Phi) is 19.6. The zero-order valence-corrected chi connectivity index (χ0v) is 62.0. The van der Waals surface area contributed by atoms with Crippen molar-refractivity contribution in [3.05, 3.63) is 47.5 Å². The summed E-state index contributed by atoms with van der Waals surface area (Å²) >= 11 is 0. The molecule has 0 unspecified atom stereocenters. The molecule has 19 heteroatoms. The molecule has 0 saturated heterocycles. The lowest BCUT2D eigenvalue weighted by molar-refractivity contribution is -0.195. The van der Waals surface area contributed by atoms with Gasteiger partial charge in [0.1, 0.15) is 34.3 Å². The van der Waals surface area contributed by atoms with Gasteiger partial charge in [0.2, 0.25) is 0 Å². The van der Waals surface area contributed by atoms with Crippen LogP contribution in [-0.4, -0.2) is 90.6 Å². The lowest BCUT2D eigenvalue weighted by atomic mass is 9.41. The molecule has 94 heavy (non-hydrogen) atoms. The molecule has 2 heterocycles. The van der Waals surface area contributed by atoms with Crippen LogP contribution < -0.4 is 18.9 Å².